The van der Waals surface area contributed by atoms with Crippen molar-refractivity contribution in [3.63, 3.8) is 0 Å². The Morgan fingerprint density at radius 1 is 1.50 bits per heavy atom. The van der Waals surface area contributed by atoms with E-state index >= 15 is 0 Å². The van der Waals surface area contributed by atoms with E-state index in [4.69, 9.17) is 1.37 Å². The highest BCUT2D eigenvalue weighted by molar-refractivity contribution is 5.09. The number of aromatic nitrogens is 2. The van der Waals surface area contributed by atoms with E-state index in [2.05, 4.69) is 30.7 Å². The summed E-state index contributed by atoms with van der Waals surface area (Å²) in [6, 6.07) is 1.69. The zero-order chi connectivity index (χ0) is 8.48. The van der Waals surface area contributed by atoms with Gasteiger partial charge in [-0.15, -0.1) is 0 Å². The molecule has 0 amide bonds. The van der Waals surface area contributed by atoms with Crippen LogP contribution < -0.4 is 0 Å². The molecule has 1 rings (SSSR count). The molecular formula is C8H12N2. The molecule has 2 heteroatoms. The monoisotopic (exact) mass is 137 g/mol. The lowest BCUT2D eigenvalue weighted by molar-refractivity contribution is 0.567. The average Bonchev–Trinajstić information content (AvgIpc) is 1.86. The quantitative estimate of drug-likeness (QED) is 0.544. The molecule has 0 saturated heterocycles. The third-order valence-corrected chi connectivity index (χ3v) is 1.30. The fraction of sp³-hybridized carbons (Fsp3) is 0.500. The molecule has 1 aromatic heterocycles. The maximum atomic E-state index is 7.26. The Labute approximate surface area is 62.7 Å². The van der Waals surface area contributed by atoms with Gasteiger partial charge in [-0.1, -0.05) is 20.8 Å². The van der Waals surface area contributed by atoms with Gasteiger partial charge in [0.2, 0.25) is 0 Å². The summed E-state index contributed by atoms with van der Waals surface area (Å²) >= 11 is 0. The summed E-state index contributed by atoms with van der Waals surface area (Å²) in [6.45, 7) is 6.19. The number of rotatable bonds is 0. The molecule has 0 bridgehead atoms. The first-order valence-electron chi connectivity index (χ1n) is 3.79. The predicted octanol–water partition coefficient (Wildman–Crippen LogP) is 1.77. The van der Waals surface area contributed by atoms with E-state index < -0.39 is 0 Å². The van der Waals surface area contributed by atoms with Gasteiger partial charge < -0.3 is 0 Å². The van der Waals surface area contributed by atoms with Crippen molar-refractivity contribution in [2.45, 2.75) is 26.2 Å². The van der Waals surface area contributed by atoms with Crippen LogP contribution in [0, 0.1) is 0 Å². The van der Waals surface area contributed by atoms with Crippen molar-refractivity contribution in [3.05, 3.63) is 24.3 Å². The van der Waals surface area contributed by atoms with Crippen LogP contribution in [0.2, 0.25) is 0 Å². The molecule has 0 aliphatic carbocycles. The Bertz CT molecular complexity index is 253. The van der Waals surface area contributed by atoms with Gasteiger partial charge in [0.05, 0.1) is 1.37 Å². The van der Waals surface area contributed by atoms with Gasteiger partial charge in [0, 0.05) is 17.3 Å². The normalized spacial score (nSPS) is 12.9. The first-order valence-corrected chi connectivity index (χ1v) is 3.29. The molecule has 0 aromatic carbocycles. The van der Waals surface area contributed by atoms with Crippen molar-refractivity contribution in [3.8, 4) is 0 Å². The lowest BCUT2D eigenvalue weighted by Gasteiger charge is -2.16. The van der Waals surface area contributed by atoms with E-state index in [9.17, 15) is 0 Å². The maximum absolute atomic E-state index is 7.26. The summed E-state index contributed by atoms with van der Waals surface area (Å²) in [5.41, 5.74) is 0.927. The molecule has 0 spiro atoms. The van der Waals surface area contributed by atoms with Crippen molar-refractivity contribution in [1.29, 1.82) is 0 Å². The zero-order valence-corrected chi connectivity index (χ0v) is 6.55. The van der Waals surface area contributed by atoms with Crippen LogP contribution in [-0.2, 0) is 5.41 Å². The Kier molecular flexibility index (Phi) is 1.38. The smallest absolute Gasteiger partial charge is 0.115 e. The number of hydrogen-bond donors (Lipinski definition) is 0. The fourth-order valence-corrected chi connectivity index (χ4v) is 0.670. The lowest BCUT2D eigenvalue weighted by Crippen LogP contribution is -2.12. The Hall–Kier alpha value is -0.920. The SMILES string of the molecule is [2H]c1cc(C(C)(C)C)ncn1. The molecule has 0 aliphatic heterocycles. The average molecular weight is 137 g/mol. The van der Waals surface area contributed by atoms with Gasteiger partial charge in [0.15, 0.2) is 0 Å². The van der Waals surface area contributed by atoms with Gasteiger partial charge in [-0.2, -0.15) is 0 Å². The van der Waals surface area contributed by atoms with Gasteiger partial charge >= 0.3 is 0 Å². The Morgan fingerprint density at radius 2 is 2.20 bits per heavy atom. The first-order chi connectivity index (χ1) is 5.00. The zero-order valence-electron chi connectivity index (χ0n) is 7.55. The second-order valence-electron chi connectivity index (χ2n) is 3.28. The lowest BCUT2D eigenvalue weighted by atomic mass is 9.92. The molecule has 0 saturated carbocycles. The molecule has 0 atom stereocenters. The minimum absolute atomic E-state index is 0.0126. The van der Waals surface area contributed by atoms with E-state index in [0.717, 1.165) is 5.69 Å². The van der Waals surface area contributed by atoms with Gasteiger partial charge in [-0.25, -0.2) is 9.97 Å². The van der Waals surface area contributed by atoms with Crippen LogP contribution in [0.5, 0.6) is 0 Å². The summed E-state index contributed by atoms with van der Waals surface area (Å²) in [7, 11) is 0. The van der Waals surface area contributed by atoms with Crippen LogP contribution in [0.25, 0.3) is 0 Å². The van der Waals surface area contributed by atoms with Crippen LogP contribution in [0.3, 0.4) is 0 Å². The Morgan fingerprint density at radius 3 is 2.60 bits per heavy atom. The van der Waals surface area contributed by atoms with Crippen LogP contribution in [0.15, 0.2) is 18.6 Å². The molecule has 10 heavy (non-hydrogen) atoms. The molecule has 0 N–H and O–H groups in total. The highest BCUT2D eigenvalue weighted by atomic mass is 14.8. The summed E-state index contributed by atoms with van der Waals surface area (Å²) < 4.78 is 7.26. The highest BCUT2D eigenvalue weighted by Crippen LogP contribution is 2.17. The molecule has 0 unspecified atom stereocenters. The van der Waals surface area contributed by atoms with E-state index in [1.807, 2.05) is 0 Å². The van der Waals surface area contributed by atoms with Gasteiger partial charge in [-0.3, -0.25) is 0 Å². The molecule has 0 fully saturated rings. The van der Waals surface area contributed by atoms with Crippen molar-refractivity contribution in [2.75, 3.05) is 0 Å². The minimum Gasteiger partial charge on any atom is -0.245 e. The van der Waals surface area contributed by atoms with E-state index in [0.29, 0.717) is 0 Å². The molecule has 1 heterocycles. The molecule has 2 nitrogen and oxygen atoms in total. The molecule has 1 aromatic rings. The third-order valence-electron chi connectivity index (χ3n) is 1.30. The standard InChI is InChI=1S/C8H12N2/c1-8(2,3)7-4-5-9-6-10-7/h4-6H,1-3H3/i5D. The molecule has 54 valence electrons. The van der Waals surface area contributed by atoms with Crippen LogP contribution in [0.4, 0.5) is 0 Å². The Balaban J connectivity index is 3.06. The predicted molar refractivity (Wildman–Crippen MR) is 40.7 cm³/mol. The van der Waals surface area contributed by atoms with Crippen LogP contribution in [-0.4, -0.2) is 9.97 Å². The minimum atomic E-state index is 0.0126. The second kappa shape index (κ2) is 2.37. The van der Waals surface area contributed by atoms with Gasteiger partial charge in [0.1, 0.15) is 6.33 Å². The summed E-state index contributed by atoms with van der Waals surface area (Å²) in [5.74, 6) is 0. The van der Waals surface area contributed by atoms with Crippen molar-refractivity contribution < 1.29 is 1.37 Å². The van der Waals surface area contributed by atoms with Gasteiger partial charge in [-0.05, 0) is 6.07 Å². The first kappa shape index (κ1) is 5.83. The molecule has 0 aliphatic rings. The summed E-state index contributed by atoms with van der Waals surface area (Å²) in [5, 5.41) is 0. The van der Waals surface area contributed by atoms with E-state index in [1.165, 1.54) is 6.33 Å². The number of hydrogen-bond acceptors (Lipinski definition) is 2. The third kappa shape index (κ3) is 1.53. The summed E-state index contributed by atoms with van der Waals surface area (Å²) in [6.07, 6.45) is 1.72. The van der Waals surface area contributed by atoms with Crippen LogP contribution >= 0.6 is 0 Å². The molecular weight excluding hydrogens is 124 g/mol. The maximum Gasteiger partial charge on any atom is 0.115 e. The van der Waals surface area contributed by atoms with Crippen molar-refractivity contribution in [1.82, 2.24) is 9.97 Å². The summed E-state index contributed by atoms with van der Waals surface area (Å²) in [4.78, 5) is 7.79. The van der Waals surface area contributed by atoms with Crippen molar-refractivity contribution >= 4 is 0 Å². The van der Waals surface area contributed by atoms with Crippen LogP contribution in [0.1, 0.15) is 27.8 Å². The largest absolute Gasteiger partial charge is 0.245 e. The van der Waals surface area contributed by atoms with Crippen molar-refractivity contribution in [2.24, 2.45) is 0 Å². The van der Waals surface area contributed by atoms with E-state index in [-0.39, 0.29) is 11.6 Å². The second-order valence-corrected chi connectivity index (χ2v) is 3.28. The van der Waals surface area contributed by atoms with E-state index in [1.54, 1.807) is 6.07 Å². The fourth-order valence-electron chi connectivity index (χ4n) is 0.670. The number of nitrogens with zero attached hydrogens (tertiary/aromatic N) is 2. The highest BCUT2D eigenvalue weighted by Gasteiger charge is 2.13. The van der Waals surface area contributed by atoms with Gasteiger partial charge in [0.25, 0.3) is 0 Å². The molecule has 0 radical (unpaired) electrons. The topological polar surface area (TPSA) is 25.8 Å².